The number of aliphatic hydroxyl groups excluding tert-OH is 1. The summed E-state index contributed by atoms with van der Waals surface area (Å²) in [5.74, 6) is 0. The molecule has 17 heavy (non-hydrogen) atoms. The van der Waals surface area contributed by atoms with Gasteiger partial charge in [-0.15, -0.1) is 0 Å². The van der Waals surface area contributed by atoms with E-state index in [0.29, 0.717) is 0 Å². The topological polar surface area (TPSA) is 20.2 Å². The van der Waals surface area contributed by atoms with Gasteiger partial charge in [0.2, 0.25) is 0 Å². The molecule has 0 aliphatic heterocycles. The Balaban J connectivity index is 2.66. The molecule has 1 N–H and O–H groups in total. The summed E-state index contributed by atoms with van der Waals surface area (Å²) in [5, 5.41) is 9.93. The van der Waals surface area contributed by atoms with Crippen molar-refractivity contribution in [2.24, 2.45) is 0 Å². The Morgan fingerprint density at radius 3 is 2.53 bits per heavy atom. The maximum Gasteiger partial charge on any atom is 0.0580 e. The number of benzene rings is 1. The van der Waals surface area contributed by atoms with Crippen LogP contribution in [0.2, 0.25) is 0 Å². The van der Waals surface area contributed by atoms with Gasteiger partial charge in [0.15, 0.2) is 0 Å². The first kappa shape index (κ1) is 14.2. The highest BCUT2D eigenvalue weighted by Gasteiger charge is 2.14. The second kappa shape index (κ2) is 6.20. The van der Waals surface area contributed by atoms with Gasteiger partial charge in [-0.3, -0.25) is 0 Å². The van der Waals surface area contributed by atoms with Gasteiger partial charge in [0.25, 0.3) is 0 Å². The third-order valence-electron chi connectivity index (χ3n) is 3.16. The first-order valence-corrected chi connectivity index (χ1v) is 6.71. The van der Waals surface area contributed by atoms with E-state index in [4.69, 9.17) is 0 Å². The molecule has 0 fully saturated rings. The van der Waals surface area contributed by atoms with E-state index in [1.165, 1.54) is 11.1 Å². The molecule has 0 aliphatic rings. The van der Waals surface area contributed by atoms with Crippen molar-refractivity contribution in [2.45, 2.75) is 64.9 Å². The zero-order chi connectivity index (χ0) is 12.9. The van der Waals surface area contributed by atoms with E-state index in [9.17, 15) is 5.11 Å². The molecule has 0 aromatic heterocycles. The minimum atomic E-state index is -0.190. The molecular formula is C16H26O. The molecule has 1 aromatic carbocycles. The molecule has 1 unspecified atom stereocenters. The minimum Gasteiger partial charge on any atom is -0.393 e. The fraction of sp³-hybridized carbons (Fsp3) is 0.625. The predicted octanol–water partition coefficient (Wildman–Crippen LogP) is 4.08. The van der Waals surface area contributed by atoms with Crippen LogP contribution in [0.15, 0.2) is 24.3 Å². The fourth-order valence-corrected chi connectivity index (χ4v) is 1.98. The van der Waals surface area contributed by atoms with Crippen LogP contribution in [0.5, 0.6) is 0 Å². The second-order valence-electron chi connectivity index (χ2n) is 5.95. The van der Waals surface area contributed by atoms with E-state index < -0.39 is 0 Å². The van der Waals surface area contributed by atoms with Crippen LogP contribution in [0.1, 0.15) is 58.1 Å². The van der Waals surface area contributed by atoms with Crippen molar-refractivity contribution in [3.8, 4) is 0 Å². The molecule has 0 amide bonds. The maximum absolute atomic E-state index is 9.93. The largest absolute Gasteiger partial charge is 0.393 e. The summed E-state index contributed by atoms with van der Waals surface area (Å²) in [4.78, 5) is 0. The van der Waals surface area contributed by atoms with Gasteiger partial charge < -0.3 is 5.11 Å². The van der Waals surface area contributed by atoms with Crippen LogP contribution in [0, 0.1) is 0 Å². The lowest BCUT2D eigenvalue weighted by Crippen LogP contribution is -2.13. The quantitative estimate of drug-likeness (QED) is 0.814. The fourth-order valence-electron chi connectivity index (χ4n) is 1.98. The highest BCUT2D eigenvalue weighted by Crippen LogP contribution is 2.23. The molecule has 0 saturated heterocycles. The third-order valence-corrected chi connectivity index (χ3v) is 3.16. The molecule has 0 heterocycles. The smallest absolute Gasteiger partial charge is 0.0580 e. The average molecular weight is 234 g/mol. The molecule has 1 rings (SSSR count). The van der Waals surface area contributed by atoms with E-state index in [-0.39, 0.29) is 11.5 Å². The van der Waals surface area contributed by atoms with Gasteiger partial charge in [-0.2, -0.15) is 0 Å². The molecule has 0 radical (unpaired) electrons. The van der Waals surface area contributed by atoms with Crippen LogP contribution in [-0.2, 0) is 11.8 Å². The Morgan fingerprint density at radius 1 is 1.24 bits per heavy atom. The first-order valence-electron chi connectivity index (χ1n) is 6.71. The van der Waals surface area contributed by atoms with E-state index in [1.54, 1.807) is 0 Å². The standard InChI is InChI=1S/C16H26O/c1-5-6-10-15(17)12-13-8-7-9-14(11-13)16(2,3)4/h7-9,11,15,17H,5-6,10,12H2,1-4H3. The predicted molar refractivity (Wildman–Crippen MR) is 74.4 cm³/mol. The Kier molecular flexibility index (Phi) is 5.20. The second-order valence-corrected chi connectivity index (χ2v) is 5.95. The number of rotatable bonds is 5. The Bertz CT molecular complexity index is 336. The number of hydrogen-bond acceptors (Lipinski definition) is 1. The van der Waals surface area contributed by atoms with Gasteiger partial charge in [0.1, 0.15) is 0 Å². The van der Waals surface area contributed by atoms with Crippen molar-refractivity contribution in [1.82, 2.24) is 0 Å². The van der Waals surface area contributed by atoms with E-state index >= 15 is 0 Å². The van der Waals surface area contributed by atoms with Crippen molar-refractivity contribution in [3.63, 3.8) is 0 Å². The van der Waals surface area contributed by atoms with Crippen LogP contribution in [0.3, 0.4) is 0 Å². The number of unbranched alkanes of at least 4 members (excludes halogenated alkanes) is 1. The number of aliphatic hydroxyl groups is 1. The molecule has 1 heteroatoms. The maximum atomic E-state index is 9.93. The van der Waals surface area contributed by atoms with Crippen LogP contribution in [0.4, 0.5) is 0 Å². The SMILES string of the molecule is CCCCC(O)Cc1cccc(C(C)(C)C)c1. The molecule has 0 aliphatic carbocycles. The van der Waals surface area contributed by atoms with Crippen LogP contribution >= 0.6 is 0 Å². The van der Waals surface area contributed by atoms with E-state index in [1.807, 2.05) is 0 Å². The number of hydrogen-bond donors (Lipinski definition) is 1. The lowest BCUT2D eigenvalue weighted by atomic mass is 9.85. The highest BCUT2D eigenvalue weighted by atomic mass is 16.3. The Hall–Kier alpha value is -0.820. The summed E-state index contributed by atoms with van der Waals surface area (Å²) in [7, 11) is 0. The van der Waals surface area contributed by atoms with Gasteiger partial charge >= 0.3 is 0 Å². The molecule has 0 saturated carbocycles. The lowest BCUT2D eigenvalue weighted by molar-refractivity contribution is 0.161. The van der Waals surface area contributed by atoms with Crippen LogP contribution in [-0.4, -0.2) is 11.2 Å². The summed E-state index contributed by atoms with van der Waals surface area (Å²) < 4.78 is 0. The molecule has 1 atom stereocenters. The van der Waals surface area contributed by atoms with Gasteiger partial charge in [-0.1, -0.05) is 64.8 Å². The minimum absolute atomic E-state index is 0.185. The molecular weight excluding hydrogens is 208 g/mol. The zero-order valence-electron chi connectivity index (χ0n) is 11.7. The normalized spacial score (nSPS) is 13.7. The Morgan fingerprint density at radius 2 is 1.94 bits per heavy atom. The monoisotopic (exact) mass is 234 g/mol. The van der Waals surface area contributed by atoms with Crippen molar-refractivity contribution in [2.75, 3.05) is 0 Å². The van der Waals surface area contributed by atoms with Crippen molar-refractivity contribution in [1.29, 1.82) is 0 Å². The van der Waals surface area contributed by atoms with Gasteiger partial charge in [0, 0.05) is 0 Å². The van der Waals surface area contributed by atoms with Gasteiger partial charge in [-0.05, 0) is 29.4 Å². The summed E-state index contributed by atoms with van der Waals surface area (Å²) in [5.41, 5.74) is 2.78. The summed E-state index contributed by atoms with van der Waals surface area (Å²) in [6.45, 7) is 8.83. The average Bonchev–Trinajstić information content (AvgIpc) is 2.25. The molecule has 0 bridgehead atoms. The molecule has 1 nitrogen and oxygen atoms in total. The van der Waals surface area contributed by atoms with Crippen molar-refractivity contribution in [3.05, 3.63) is 35.4 Å². The molecule has 96 valence electrons. The third kappa shape index (κ3) is 4.91. The summed E-state index contributed by atoms with van der Waals surface area (Å²) in [6, 6.07) is 8.62. The van der Waals surface area contributed by atoms with E-state index in [2.05, 4.69) is 52.0 Å². The molecule has 0 spiro atoms. The van der Waals surface area contributed by atoms with Crippen LogP contribution in [0.25, 0.3) is 0 Å². The molecule has 1 aromatic rings. The van der Waals surface area contributed by atoms with Crippen molar-refractivity contribution >= 4 is 0 Å². The van der Waals surface area contributed by atoms with Gasteiger partial charge in [-0.25, -0.2) is 0 Å². The first-order chi connectivity index (χ1) is 7.93. The lowest BCUT2D eigenvalue weighted by Gasteiger charge is -2.20. The zero-order valence-corrected chi connectivity index (χ0v) is 11.7. The summed E-state index contributed by atoms with van der Waals surface area (Å²) >= 11 is 0. The van der Waals surface area contributed by atoms with Crippen molar-refractivity contribution < 1.29 is 5.11 Å². The highest BCUT2D eigenvalue weighted by molar-refractivity contribution is 5.28. The van der Waals surface area contributed by atoms with Gasteiger partial charge in [0.05, 0.1) is 6.10 Å². The Labute approximate surface area is 106 Å². The summed E-state index contributed by atoms with van der Waals surface area (Å²) in [6.07, 6.45) is 3.77. The van der Waals surface area contributed by atoms with Crippen LogP contribution < -0.4 is 0 Å². The van der Waals surface area contributed by atoms with E-state index in [0.717, 1.165) is 25.7 Å².